The Morgan fingerprint density at radius 1 is 1.12 bits per heavy atom. The number of hydrogen-bond donors (Lipinski definition) is 0. The van der Waals surface area contributed by atoms with Gasteiger partial charge in [0, 0.05) is 24.5 Å². The van der Waals surface area contributed by atoms with Crippen molar-refractivity contribution in [1.82, 2.24) is 14.7 Å². The Labute approximate surface area is 145 Å². The van der Waals surface area contributed by atoms with E-state index in [1.807, 2.05) is 6.07 Å². The Morgan fingerprint density at radius 2 is 1.75 bits per heavy atom. The summed E-state index contributed by atoms with van der Waals surface area (Å²) in [6.45, 7) is 4.03. The number of nitrogens with zero attached hydrogens (tertiary/aromatic N) is 3. The average Bonchev–Trinajstić information content (AvgIpc) is 2.99. The summed E-state index contributed by atoms with van der Waals surface area (Å²) in [6.07, 6.45) is 4.93. The number of benzene rings is 1. The molecule has 0 aromatic heterocycles. The molecule has 1 aromatic rings. The molecule has 0 bridgehead atoms. The van der Waals surface area contributed by atoms with E-state index >= 15 is 0 Å². The third kappa shape index (κ3) is 2.76. The van der Waals surface area contributed by atoms with Crippen molar-refractivity contribution >= 4 is 5.91 Å². The monoisotopic (exact) mass is 327 g/mol. The number of carbonyl (C=O) groups is 1. The van der Waals surface area contributed by atoms with Gasteiger partial charge in [0.15, 0.2) is 0 Å². The van der Waals surface area contributed by atoms with Crippen LogP contribution in [0.25, 0.3) is 0 Å². The molecule has 1 spiro atoms. The van der Waals surface area contributed by atoms with Crippen LogP contribution in [0.4, 0.5) is 0 Å². The zero-order valence-corrected chi connectivity index (χ0v) is 14.9. The highest BCUT2D eigenvalue weighted by atomic mass is 16.2. The zero-order chi connectivity index (χ0) is 16.7. The molecule has 3 fully saturated rings. The van der Waals surface area contributed by atoms with E-state index in [1.54, 1.807) is 0 Å². The van der Waals surface area contributed by atoms with Gasteiger partial charge in [-0.15, -0.1) is 0 Å². The summed E-state index contributed by atoms with van der Waals surface area (Å²) >= 11 is 0. The molecular weight excluding hydrogens is 298 g/mol. The van der Waals surface area contributed by atoms with Crippen molar-refractivity contribution in [3.05, 3.63) is 35.9 Å². The smallest absolute Gasteiger partial charge is 0.244 e. The van der Waals surface area contributed by atoms with Crippen LogP contribution < -0.4 is 0 Å². The van der Waals surface area contributed by atoms with E-state index in [0.29, 0.717) is 17.4 Å². The minimum atomic E-state index is -0.0734. The number of hydrogen-bond acceptors (Lipinski definition) is 3. The molecular formula is C20H29N3O. The lowest BCUT2D eigenvalue weighted by atomic mass is 9.60. The number of likely N-dealkylation sites (tertiary alicyclic amines) is 2. The molecule has 1 aromatic carbocycles. The summed E-state index contributed by atoms with van der Waals surface area (Å²) in [5.74, 6) is 0.321. The van der Waals surface area contributed by atoms with Crippen molar-refractivity contribution in [2.45, 2.75) is 37.8 Å². The Balaban J connectivity index is 1.44. The molecule has 1 aliphatic carbocycles. The fourth-order valence-electron chi connectivity index (χ4n) is 4.80. The second-order valence-corrected chi connectivity index (χ2v) is 8.28. The van der Waals surface area contributed by atoms with Gasteiger partial charge in [0.05, 0.1) is 0 Å². The quantitative estimate of drug-likeness (QED) is 0.849. The lowest BCUT2D eigenvalue weighted by Gasteiger charge is -2.61. The molecule has 4 nitrogen and oxygen atoms in total. The third-order valence-electron chi connectivity index (χ3n) is 6.29. The van der Waals surface area contributed by atoms with E-state index in [1.165, 1.54) is 25.7 Å². The normalized spacial score (nSPS) is 24.9. The molecule has 4 heteroatoms. The van der Waals surface area contributed by atoms with E-state index < -0.39 is 0 Å². The molecule has 130 valence electrons. The molecule has 24 heavy (non-hydrogen) atoms. The maximum atomic E-state index is 13.2. The van der Waals surface area contributed by atoms with Crippen LogP contribution >= 0.6 is 0 Å². The summed E-state index contributed by atoms with van der Waals surface area (Å²) < 4.78 is 0. The average molecular weight is 327 g/mol. The molecule has 2 saturated heterocycles. The van der Waals surface area contributed by atoms with E-state index in [-0.39, 0.29) is 6.04 Å². The lowest BCUT2D eigenvalue weighted by molar-refractivity contribution is -0.161. The highest BCUT2D eigenvalue weighted by molar-refractivity contribution is 5.84. The zero-order valence-electron chi connectivity index (χ0n) is 14.9. The minimum absolute atomic E-state index is 0.0734. The highest BCUT2D eigenvalue weighted by Crippen LogP contribution is 2.50. The van der Waals surface area contributed by atoms with Gasteiger partial charge in [-0.05, 0) is 58.4 Å². The van der Waals surface area contributed by atoms with E-state index in [2.05, 4.69) is 53.1 Å². The van der Waals surface area contributed by atoms with Crippen LogP contribution in [0.2, 0.25) is 0 Å². The summed E-state index contributed by atoms with van der Waals surface area (Å²) in [6, 6.07) is 11.0. The largest absolute Gasteiger partial charge is 0.340 e. The molecule has 3 aliphatic rings. The van der Waals surface area contributed by atoms with E-state index in [4.69, 9.17) is 0 Å². The molecule has 2 heterocycles. The van der Waals surface area contributed by atoms with Gasteiger partial charge in [-0.1, -0.05) is 30.3 Å². The Bertz CT molecular complexity index is 580. The van der Waals surface area contributed by atoms with Crippen molar-refractivity contribution in [1.29, 1.82) is 0 Å². The Morgan fingerprint density at radius 3 is 2.33 bits per heavy atom. The van der Waals surface area contributed by atoms with Crippen LogP contribution in [-0.2, 0) is 4.79 Å². The maximum Gasteiger partial charge on any atom is 0.244 e. The van der Waals surface area contributed by atoms with E-state index in [9.17, 15) is 4.79 Å². The van der Waals surface area contributed by atoms with Crippen molar-refractivity contribution in [2.24, 2.45) is 5.41 Å². The molecule has 1 saturated carbocycles. The molecule has 0 N–H and O–H groups in total. The van der Waals surface area contributed by atoms with Crippen molar-refractivity contribution in [3.8, 4) is 0 Å². The second kappa shape index (κ2) is 6.16. The first-order valence-electron chi connectivity index (χ1n) is 9.32. The highest BCUT2D eigenvalue weighted by Gasteiger charge is 2.55. The van der Waals surface area contributed by atoms with Gasteiger partial charge in [-0.25, -0.2) is 0 Å². The first kappa shape index (κ1) is 16.1. The predicted octanol–water partition coefficient (Wildman–Crippen LogP) is 2.38. The Hall–Kier alpha value is -1.39. The molecule has 2 aliphatic heterocycles. The third-order valence-corrected chi connectivity index (χ3v) is 6.29. The fraction of sp³-hybridized carbons (Fsp3) is 0.650. The van der Waals surface area contributed by atoms with Crippen LogP contribution in [0.15, 0.2) is 30.3 Å². The van der Waals surface area contributed by atoms with Crippen LogP contribution in [0.1, 0.15) is 37.3 Å². The van der Waals surface area contributed by atoms with Crippen molar-refractivity contribution < 1.29 is 4.79 Å². The second-order valence-electron chi connectivity index (χ2n) is 8.28. The van der Waals surface area contributed by atoms with Gasteiger partial charge >= 0.3 is 0 Å². The SMILES string of the molecule is CN(C)C1CC2(C1)CN(C(=O)C(c1ccccc1)N1CCCC1)C2. The maximum absolute atomic E-state index is 13.2. The summed E-state index contributed by atoms with van der Waals surface area (Å²) in [7, 11) is 4.33. The van der Waals surface area contributed by atoms with Crippen LogP contribution in [0.3, 0.4) is 0 Å². The van der Waals surface area contributed by atoms with Crippen LogP contribution in [0.5, 0.6) is 0 Å². The summed E-state index contributed by atoms with van der Waals surface area (Å²) in [4.78, 5) is 20.1. The molecule has 4 rings (SSSR count). The molecule has 0 radical (unpaired) electrons. The number of amides is 1. The molecule has 1 amide bonds. The Kier molecular flexibility index (Phi) is 4.13. The number of rotatable bonds is 4. The van der Waals surface area contributed by atoms with Crippen LogP contribution in [-0.4, -0.2) is 66.9 Å². The molecule has 1 unspecified atom stereocenters. The summed E-state index contributed by atoms with van der Waals surface area (Å²) in [5, 5.41) is 0. The minimum Gasteiger partial charge on any atom is -0.340 e. The van der Waals surface area contributed by atoms with Crippen molar-refractivity contribution in [3.63, 3.8) is 0 Å². The topological polar surface area (TPSA) is 26.8 Å². The van der Waals surface area contributed by atoms with Gasteiger partial charge in [-0.3, -0.25) is 9.69 Å². The van der Waals surface area contributed by atoms with E-state index in [0.717, 1.165) is 31.7 Å². The number of carbonyl (C=O) groups excluding carboxylic acids is 1. The standard InChI is InChI=1S/C20H29N3O/c1-21(2)17-12-20(13-17)14-23(15-20)19(24)18(22-10-6-7-11-22)16-8-4-3-5-9-16/h3-5,8-9,17-18H,6-7,10-15H2,1-2H3. The fourth-order valence-corrected chi connectivity index (χ4v) is 4.80. The lowest BCUT2D eigenvalue weighted by Crippen LogP contribution is -2.67. The van der Waals surface area contributed by atoms with Crippen molar-refractivity contribution in [2.75, 3.05) is 40.3 Å². The van der Waals surface area contributed by atoms with Crippen LogP contribution in [0, 0.1) is 5.41 Å². The summed E-state index contributed by atoms with van der Waals surface area (Å²) in [5.41, 5.74) is 1.58. The first-order chi connectivity index (χ1) is 11.6. The van der Waals surface area contributed by atoms with Gasteiger partial charge in [0.2, 0.25) is 5.91 Å². The van der Waals surface area contributed by atoms with Gasteiger partial charge < -0.3 is 9.80 Å². The van der Waals surface area contributed by atoms with Gasteiger partial charge in [-0.2, -0.15) is 0 Å². The predicted molar refractivity (Wildman–Crippen MR) is 95.7 cm³/mol. The molecule has 1 atom stereocenters. The first-order valence-corrected chi connectivity index (χ1v) is 9.32. The van der Waals surface area contributed by atoms with Gasteiger partial charge in [0.1, 0.15) is 6.04 Å². The van der Waals surface area contributed by atoms with Gasteiger partial charge in [0.25, 0.3) is 0 Å².